The number of carbonyl (C=O) groups excluding carboxylic acids is 2. The number of rotatable bonds is 5. The van der Waals surface area contributed by atoms with E-state index in [1.165, 1.54) is 4.90 Å². The predicted octanol–water partition coefficient (Wildman–Crippen LogP) is 3.97. The molecule has 1 atom stereocenters. The molecule has 2 fully saturated rings. The lowest BCUT2D eigenvalue weighted by molar-refractivity contribution is -0.162. The van der Waals surface area contributed by atoms with Crippen molar-refractivity contribution in [3.8, 4) is 0 Å². The van der Waals surface area contributed by atoms with Crippen molar-refractivity contribution in [2.75, 3.05) is 19.7 Å². The largest absolute Gasteiger partial charge is 0.440 e. The fourth-order valence-corrected chi connectivity index (χ4v) is 3.51. The Morgan fingerprint density at radius 1 is 1.14 bits per heavy atom. The molecule has 0 bridgehead atoms. The van der Waals surface area contributed by atoms with Gasteiger partial charge in [-0.2, -0.15) is 13.2 Å². The number of benzene rings is 1. The topological polar surface area (TPSA) is 58.6 Å². The summed E-state index contributed by atoms with van der Waals surface area (Å²) in [5.41, 5.74) is 2.25. The van der Waals surface area contributed by atoms with Crippen LogP contribution in [0.3, 0.4) is 0 Å². The molecule has 2 aliphatic rings. The molecular weight excluding hydrogens is 373 g/mol. The van der Waals surface area contributed by atoms with Gasteiger partial charge in [0.15, 0.2) is 6.61 Å². The summed E-state index contributed by atoms with van der Waals surface area (Å²) in [7, 11) is 0. The van der Waals surface area contributed by atoms with Gasteiger partial charge in [-0.3, -0.25) is 4.79 Å². The third-order valence-corrected chi connectivity index (χ3v) is 5.31. The molecule has 3 rings (SSSR count). The normalized spacial score (nSPS) is 19.2. The number of carbonyl (C=O) groups is 2. The Morgan fingerprint density at radius 3 is 2.29 bits per heavy atom. The summed E-state index contributed by atoms with van der Waals surface area (Å²) in [4.78, 5) is 25.7. The number of amides is 2. The zero-order chi connectivity index (χ0) is 20.3. The molecule has 1 aromatic carbocycles. The van der Waals surface area contributed by atoms with Crippen molar-refractivity contribution < 1.29 is 27.5 Å². The van der Waals surface area contributed by atoms with Gasteiger partial charge in [-0.25, -0.2) is 4.79 Å². The van der Waals surface area contributed by atoms with Crippen LogP contribution in [0.25, 0.3) is 0 Å². The van der Waals surface area contributed by atoms with Crippen LogP contribution in [0.5, 0.6) is 0 Å². The lowest BCUT2D eigenvalue weighted by atomic mass is 9.94. The first-order valence-electron chi connectivity index (χ1n) is 9.58. The van der Waals surface area contributed by atoms with Crippen molar-refractivity contribution in [3.63, 3.8) is 0 Å². The van der Waals surface area contributed by atoms with Gasteiger partial charge in [-0.15, -0.1) is 0 Å². The van der Waals surface area contributed by atoms with Crippen LogP contribution in [0.2, 0.25) is 0 Å². The Bertz CT molecular complexity index is 694. The second kappa shape index (κ2) is 8.41. The van der Waals surface area contributed by atoms with E-state index in [4.69, 9.17) is 0 Å². The maximum atomic E-state index is 12.7. The maximum Gasteiger partial charge on any atom is 0.422 e. The van der Waals surface area contributed by atoms with E-state index in [-0.39, 0.29) is 31.0 Å². The van der Waals surface area contributed by atoms with Crippen molar-refractivity contribution >= 4 is 12.0 Å². The summed E-state index contributed by atoms with van der Waals surface area (Å²) in [6.07, 6.45) is -2.52. The minimum atomic E-state index is -4.54. The number of hydrogen-bond donors (Lipinski definition) is 1. The zero-order valence-corrected chi connectivity index (χ0v) is 15.8. The third kappa shape index (κ3) is 5.62. The van der Waals surface area contributed by atoms with Crippen LogP contribution in [0.4, 0.5) is 18.0 Å². The number of halogens is 3. The molecule has 0 spiro atoms. The van der Waals surface area contributed by atoms with E-state index in [0.717, 1.165) is 24.0 Å². The Kier molecular flexibility index (Phi) is 6.15. The highest BCUT2D eigenvalue weighted by atomic mass is 19.4. The van der Waals surface area contributed by atoms with E-state index < -0.39 is 18.9 Å². The minimum Gasteiger partial charge on any atom is -0.440 e. The van der Waals surface area contributed by atoms with Gasteiger partial charge < -0.3 is 15.0 Å². The van der Waals surface area contributed by atoms with Gasteiger partial charge in [0.25, 0.3) is 0 Å². The van der Waals surface area contributed by atoms with Crippen LogP contribution in [-0.2, 0) is 9.53 Å². The van der Waals surface area contributed by atoms with Gasteiger partial charge in [0.1, 0.15) is 0 Å². The summed E-state index contributed by atoms with van der Waals surface area (Å²) in [5.74, 6) is 0.142. The summed E-state index contributed by atoms with van der Waals surface area (Å²) < 4.78 is 40.7. The minimum absolute atomic E-state index is 0.0112. The summed E-state index contributed by atoms with van der Waals surface area (Å²) >= 11 is 0. The Balaban J connectivity index is 1.50. The number of likely N-dealkylation sites (tertiary alicyclic amines) is 1. The van der Waals surface area contributed by atoms with Crippen LogP contribution in [-0.4, -0.2) is 42.8 Å². The van der Waals surface area contributed by atoms with Crippen LogP contribution >= 0.6 is 0 Å². The Hall–Kier alpha value is -2.25. The molecule has 1 saturated heterocycles. The third-order valence-electron chi connectivity index (χ3n) is 5.31. The van der Waals surface area contributed by atoms with E-state index in [0.29, 0.717) is 18.8 Å². The fraction of sp³-hybridized carbons (Fsp3) is 0.600. The molecule has 8 heteroatoms. The van der Waals surface area contributed by atoms with E-state index in [9.17, 15) is 22.8 Å². The molecule has 1 aromatic rings. The molecule has 0 radical (unpaired) electrons. The molecule has 1 N–H and O–H groups in total. The SMILES string of the molecule is Cc1ccc(C(NC(=O)C2CCN(C(=O)OCC(F)(F)F)CC2)C2CC2)cc1. The molecule has 28 heavy (non-hydrogen) atoms. The first-order valence-corrected chi connectivity index (χ1v) is 9.58. The first kappa shape index (κ1) is 20.5. The quantitative estimate of drug-likeness (QED) is 0.817. The van der Waals surface area contributed by atoms with Gasteiger partial charge >= 0.3 is 12.3 Å². The second-order valence-electron chi connectivity index (χ2n) is 7.67. The van der Waals surface area contributed by atoms with Gasteiger partial charge in [-0.05, 0) is 44.1 Å². The second-order valence-corrected chi connectivity index (χ2v) is 7.67. The average Bonchev–Trinajstić information content (AvgIpc) is 3.49. The molecule has 1 aliphatic carbocycles. The molecule has 5 nitrogen and oxygen atoms in total. The Labute approximate surface area is 162 Å². The number of alkyl halides is 3. The number of nitrogens with one attached hydrogen (secondary N) is 1. The van der Waals surface area contributed by atoms with E-state index in [2.05, 4.69) is 10.1 Å². The monoisotopic (exact) mass is 398 g/mol. The number of aryl methyl sites for hydroxylation is 1. The molecule has 2 amide bonds. The highest BCUT2D eigenvalue weighted by Gasteiger charge is 2.36. The molecular formula is C20H25F3N2O3. The number of hydrogen-bond acceptors (Lipinski definition) is 3. The van der Waals surface area contributed by atoms with Gasteiger partial charge in [-0.1, -0.05) is 29.8 Å². The first-order chi connectivity index (χ1) is 13.2. The van der Waals surface area contributed by atoms with Crippen molar-refractivity contribution in [2.24, 2.45) is 11.8 Å². The molecule has 1 saturated carbocycles. The molecule has 1 unspecified atom stereocenters. The maximum absolute atomic E-state index is 12.7. The number of piperidine rings is 1. The lowest BCUT2D eigenvalue weighted by Gasteiger charge is -2.31. The van der Waals surface area contributed by atoms with Gasteiger partial charge in [0, 0.05) is 19.0 Å². The molecule has 154 valence electrons. The van der Waals surface area contributed by atoms with Gasteiger partial charge in [0.2, 0.25) is 5.91 Å². The van der Waals surface area contributed by atoms with Crippen LogP contribution in [0, 0.1) is 18.8 Å². The lowest BCUT2D eigenvalue weighted by Crippen LogP contribution is -2.44. The molecule has 1 aliphatic heterocycles. The van der Waals surface area contributed by atoms with Gasteiger partial charge in [0.05, 0.1) is 6.04 Å². The molecule has 1 heterocycles. The van der Waals surface area contributed by atoms with Crippen molar-refractivity contribution in [1.29, 1.82) is 0 Å². The summed E-state index contributed by atoms with van der Waals surface area (Å²) in [6.45, 7) is 0.856. The predicted molar refractivity (Wildman–Crippen MR) is 96.5 cm³/mol. The highest BCUT2D eigenvalue weighted by molar-refractivity contribution is 5.79. The van der Waals surface area contributed by atoms with E-state index in [1.54, 1.807) is 0 Å². The van der Waals surface area contributed by atoms with Crippen molar-refractivity contribution in [2.45, 2.75) is 44.8 Å². The number of nitrogens with zero attached hydrogens (tertiary/aromatic N) is 1. The van der Waals surface area contributed by atoms with E-state index >= 15 is 0 Å². The smallest absolute Gasteiger partial charge is 0.422 e. The van der Waals surface area contributed by atoms with Crippen LogP contribution in [0.1, 0.15) is 42.9 Å². The molecule has 0 aromatic heterocycles. The zero-order valence-electron chi connectivity index (χ0n) is 15.8. The standard InChI is InChI=1S/C20H25F3N2O3/c1-13-2-4-14(5-3-13)17(15-6-7-15)24-18(26)16-8-10-25(11-9-16)19(27)28-12-20(21,22)23/h2-5,15-17H,6-12H2,1H3,(H,24,26). The van der Waals surface area contributed by atoms with Crippen molar-refractivity contribution in [1.82, 2.24) is 10.2 Å². The van der Waals surface area contributed by atoms with E-state index in [1.807, 2.05) is 31.2 Å². The highest BCUT2D eigenvalue weighted by Crippen LogP contribution is 2.41. The van der Waals surface area contributed by atoms with Crippen LogP contribution < -0.4 is 5.32 Å². The average molecular weight is 398 g/mol. The van der Waals surface area contributed by atoms with Crippen molar-refractivity contribution in [3.05, 3.63) is 35.4 Å². The van der Waals surface area contributed by atoms with Crippen LogP contribution in [0.15, 0.2) is 24.3 Å². The Morgan fingerprint density at radius 2 is 1.75 bits per heavy atom. The summed E-state index contributed by atoms with van der Waals surface area (Å²) in [5, 5.41) is 3.15. The fourth-order valence-electron chi connectivity index (χ4n) is 3.51. The summed E-state index contributed by atoms with van der Waals surface area (Å²) in [6, 6.07) is 8.13. The number of ether oxygens (including phenoxy) is 1.